The number of anilines is 1. The van der Waals surface area contributed by atoms with E-state index in [0.717, 1.165) is 27.4 Å². The largest absolute Gasteiger partial charge is 0.505 e. The number of nitrogens with zero attached hydrogens (tertiary/aromatic N) is 3. The van der Waals surface area contributed by atoms with Crippen molar-refractivity contribution in [3.63, 3.8) is 0 Å². The van der Waals surface area contributed by atoms with Crippen LogP contribution >= 0.6 is 46.4 Å². The van der Waals surface area contributed by atoms with Gasteiger partial charge in [0.1, 0.15) is 17.3 Å². The number of aromatic hydroxyl groups is 1. The number of carbonyl (C=O) groups is 2. The topological polar surface area (TPSA) is 141 Å². The number of halogens is 4. The van der Waals surface area contributed by atoms with Gasteiger partial charge >= 0.3 is 0 Å². The zero-order valence-electron chi connectivity index (χ0n) is 27.6. The van der Waals surface area contributed by atoms with E-state index in [4.69, 9.17) is 51.1 Å². The van der Waals surface area contributed by atoms with E-state index in [-0.39, 0.29) is 54.1 Å². The Kier molecular flexibility index (Phi) is 8.71. The summed E-state index contributed by atoms with van der Waals surface area (Å²) in [6, 6.07) is 25.3. The zero-order chi connectivity index (χ0) is 37.1. The fraction of sp³-hybridized carbons (Fsp3) is 0.0513. The molecule has 1 aliphatic heterocycles. The normalized spacial score (nSPS) is 13.4. The molecule has 2 heterocycles. The van der Waals surface area contributed by atoms with Gasteiger partial charge in [0.2, 0.25) is 0 Å². The molecule has 1 aromatic heterocycles. The van der Waals surface area contributed by atoms with Crippen molar-refractivity contribution in [2.24, 2.45) is 15.2 Å². The molecule has 0 spiro atoms. The molecule has 8 rings (SSSR count). The number of ether oxygens (including phenoxy) is 1. The average molecular weight is 782 g/mol. The number of carbonyl (C=O) groups excluding carboxylic acids is 2. The van der Waals surface area contributed by atoms with Crippen LogP contribution in [0.5, 0.6) is 11.5 Å². The van der Waals surface area contributed by atoms with Crippen molar-refractivity contribution in [2.75, 3.05) is 12.4 Å². The summed E-state index contributed by atoms with van der Waals surface area (Å²) in [5.41, 5.74) is 4.30. The molecule has 7 aromatic rings. The molecule has 0 unspecified atom stereocenters. The fourth-order valence-electron chi connectivity index (χ4n) is 6.36. The van der Waals surface area contributed by atoms with Crippen molar-refractivity contribution in [1.82, 2.24) is 10.3 Å². The lowest BCUT2D eigenvalue weighted by Gasteiger charge is -2.13. The number of phenols is 1. The summed E-state index contributed by atoms with van der Waals surface area (Å²) in [6.07, 6.45) is 0. The number of aryl methyl sites for hydroxylation is 1. The van der Waals surface area contributed by atoms with Crippen molar-refractivity contribution in [2.45, 2.75) is 6.92 Å². The summed E-state index contributed by atoms with van der Waals surface area (Å²) < 4.78 is 5.29. The third-order valence-corrected chi connectivity index (χ3v) is 10.8. The van der Waals surface area contributed by atoms with Crippen molar-refractivity contribution >= 4 is 119 Å². The molecule has 10 nitrogen and oxygen atoms in total. The lowest BCUT2D eigenvalue weighted by molar-refractivity contribution is 0.0981. The Balaban J connectivity index is 1.20. The number of aliphatic imine (C=N–C) groups is 1. The highest BCUT2D eigenvalue weighted by Crippen LogP contribution is 2.45. The standard InChI is InChI=1S/C39H24Cl4N6O4/c1-17-15-21(53-2)12-14-25(17)46-38(51)24-16-18-7-13-23-22-5-3-4-6-26(22)45-34(23)27(18)35(36(24)50)49-48-20-10-8-19(9-11-20)44-37-28-29(39(52)47-37)31(41)33(43)32(42)30(28)40/h3-16,45,50H,1-2H3,(H,46,51)(H,44,47,52)/b49-48+. The Morgan fingerprint density at radius 3 is 2.26 bits per heavy atom. The lowest BCUT2D eigenvalue weighted by Crippen LogP contribution is -2.21. The highest BCUT2D eigenvalue weighted by molar-refractivity contribution is 6.55. The van der Waals surface area contributed by atoms with E-state index in [1.807, 2.05) is 43.3 Å². The molecule has 0 fully saturated rings. The molecule has 0 radical (unpaired) electrons. The van der Waals surface area contributed by atoms with E-state index >= 15 is 0 Å². The summed E-state index contributed by atoms with van der Waals surface area (Å²) in [5, 5.41) is 29.5. The predicted molar refractivity (Wildman–Crippen MR) is 211 cm³/mol. The number of H-pyrrole nitrogens is 1. The number of para-hydroxylation sites is 1. The Hall–Kier alpha value is -5.65. The van der Waals surface area contributed by atoms with Crippen LogP contribution in [-0.4, -0.2) is 34.9 Å². The van der Waals surface area contributed by atoms with Crippen molar-refractivity contribution < 1.29 is 19.4 Å². The van der Waals surface area contributed by atoms with Crippen LogP contribution in [0.4, 0.5) is 22.7 Å². The van der Waals surface area contributed by atoms with Gasteiger partial charge in [-0.1, -0.05) is 76.7 Å². The number of hydrogen-bond acceptors (Lipinski definition) is 7. The molecule has 0 aliphatic carbocycles. The summed E-state index contributed by atoms with van der Waals surface area (Å²) in [5.74, 6) is -0.576. The van der Waals surface area contributed by atoms with E-state index in [1.165, 1.54) is 0 Å². The van der Waals surface area contributed by atoms with Crippen LogP contribution in [-0.2, 0) is 0 Å². The smallest absolute Gasteiger partial charge is 0.259 e. The minimum atomic E-state index is -0.528. The zero-order valence-corrected chi connectivity index (χ0v) is 30.6. The summed E-state index contributed by atoms with van der Waals surface area (Å²) in [4.78, 5) is 34.4. The number of azo groups is 1. The summed E-state index contributed by atoms with van der Waals surface area (Å²) in [6.45, 7) is 1.85. The monoisotopic (exact) mass is 780 g/mol. The van der Waals surface area contributed by atoms with Gasteiger partial charge in [0, 0.05) is 27.4 Å². The van der Waals surface area contributed by atoms with Crippen molar-refractivity contribution in [3.05, 3.63) is 127 Å². The molecule has 53 heavy (non-hydrogen) atoms. The number of hydrogen-bond donors (Lipinski definition) is 4. The molecule has 1 aliphatic rings. The molecule has 4 N–H and O–H groups in total. The number of amidine groups is 1. The summed E-state index contributed by atoms with van der Waals surface area (Å²) in [7, 11) is 1.57. The second kappa shape index (κ2) is 13.4. The van der Waals surface area contributed by atoms with Crippen LogP contribution in [0.3, 0.4) is 0 Å². The van der Waals surface area contributed by atoms with E-state index in [9.17, 15) is 14.7 Å². The third kappa shape index (κ3) is 5.90. The van der Waals surface area contributed by atoms with Crippen LogP contribution in [0.2, 0.25) is 20.1 Å². The Morgan fingerprint density at radius 1 is 0.811 bits per heavy atom. The second-order valence-corrected chi connectivity index (χ2v) is 13.7. The highest BCUT2D eigenvalue weighted by atomic mass is 35.5. The Bertz CT molecular complexity index is 2780. The molecule has 0 saturated heterocycles. The third-order valence-electron chi connectivity index (χ3n) is 8.98. The van der Waals surface area contributed by atoms with Gasteiger partial charge < -0.3 is 25.5 Å². The van der Waals surface area contributed by atoms with Gasteiger partial charge in [-0.2, -0.15) is 5.11 Å². The van der Waals surface area contributed by atoms with Gasteiger partial charge in [-0.15, -0.1) is 5.11 Å². The minimum Gasteiger partial charge on any atom is -0.505 e. The fourth-order valence-corrected chi connectivity index (χ4v) is 7.39. The van der Waals surface area contributed by atoms with E-state index in [1.54, 1.807) is 55.6 Å². The van der Waals surface area contributed by atoms with E-state index in [0.29, 0.717) is 33.6 Å². The number of nitrogens with one attached hydrogen (secondary N) is 3. The van der Waals surface area contributed by atoms with Crippen molar-refractivity contribution in [1.29, 1.82) is 0 Å². The number of methoxy groups -OCH3 is 1. The molecule has 0 saturated carbocycles. The van der Waals surface area contributed by atoms with Gasteiger partial charge in [-0.25, -0.2) is 4.99 Å². The van der Waals surface area contributed by atoms with Crippen LogP contribution in [0, 0.1) is 6.92 Å². The predicted octanol–water partition coefficient (Wildman–Crippen LogP) is 11.6. The van der Waals surface area contributed by atoms with Crippen LogP contribution in [0.15, 0.2) is 100 Å². The maximum Gasteiger partial charge on any atom is 0.259 e. The van der Waals surface area contributed by atoms with Crippen molar-refractivity contribution in [3.8, 4) is 11.5 Å². The maximum atomic E-state index is 13.7. The number of aromatic amines is 1. The van der Waals surface area contributed by atoms with E-state index in [2.05, 4.69) is 30.8 Å². The van der Waals surface area contributed by atoms with Crippen LogP contribution in [0.25, 0.3) is 32.6 Å². The van der Waals surface area contributed by atoms with Gasteiger partial charge in [0.15, 0.2) is 5.75 Å². The SMILES string of the molecule is COc1ccc(NC(=O)c2cc3ccc4c5ccccc5[nH]c4c3c(/N=N/c3ccc(/N=C4\NC(=O)c5c(Cl)c(Cl)c(Cl)c(Cl)c54)cc3)c2O)c(C)c1. The first-order valence-corrected chi connectivity index (χ1v) is 17.5. The number of rotatable bonds is 6. The quantitative estimate of drug-likeness (QED) is 0.0757. The molecular formula is C39H24Cl4N6O4. The lowest BCUT2D eigenvalue weighted by atomic mass is 10.00. The maximum absolute atomic E-state index is 13.7. The molecule has 14 heteroatoms. The minimum absolute atomic E-state index is 0.00920. The Labute approximate surface area is 321 Å². The first kappa shape index (κ1) is 34.4. The Morgan fingerprint density at radius 2 is 1.53 bits per heavy atom. The molecule has 0 bridgehead atoms. The number of aromatic nitrogens is 1. The van der Waals surface area contributed by atoms with Gasteiger partial charge in [0.25, 0.3) is 11.8 Å². The first-order chi connectivity index (χ1) is 25.5. The number of benzene rings is 6. The molecule has 262 valence electrons. The highest BCUT2D eigenvalue weighted by Gasteiger charge is 2.34. The van der Waals surface area contributed by atoms with Crippen LogP contribution in [0.1, 0.15) is 31.8 Å². The molecule has 2 amide bonds. The molecular weight excluding hydrogens is 758 g/mol. The van der Waals surface area contributed by atoms with Crippen LogP contribution < -0.4 is 15.4 Å². The number of phenolic OH excluding ortho intramolecular Hbond substituents is 1. The van der Waals surface area contributed by atoms with Gasteiger partial charge in [-0.05, 0) is 72.5 Å². The second-order valence-electron chi connectivity index (χ2n) is 12.1. The number of amides is 2. The van der Waals surface area contributed by atoms with Gasteiger partial charge in [0.05, 0.1) is 60.8 Å². The number of fused-ring (bicyclic) bond motifs is 6. The van der Waals surface area contributed by atoms with Gasteiger partial charge in [-0.3, -0.25) is 9.59 Å². The van der Waals surface area contributed by atoms with E-state index < -0.39 is 11.8 Å². The first-order valence-electron chi connectivity index (χ1n) is 16.0. The molecule has 6 aromatic carbocycles. The average Bonchev–Trinajstić information content (AvgIpc) is 3.70. The molecule has 0 atom stereocenters. The summed E-state index contributed by atoms with van der Waals surface area (Å²) >= 11 is 25.2.